The minimum atomic E-state index is -0.935. The van der Waals surface area contributed by atoms with Gasteiger partial charge in [-0.1, -0.05) is 18.9 Å². The van der Waals surface area contributed by atoms with Gasteiger partial charge in [-0.05, 0) is 30.7 Å². The van der Waals surface area contributed by atoms with Crippen LogP contribution in [0.5, 0.6) is 5.88 Å². The van der Waals surface area contributed by atoms with Crippen LogP contribution < -0.4 is 9.46 Å². The SMILES string of the molecule is CCCSNc1ccc(F)c(C(=O)c2c[nH]c3ncc(-c4ccc(OCCO)nc4)cc23)c1F. The fourth-order valence-electron chi connectivity index (χ4n) is 3.34. The van der Waals surface area contributed by atoms with E-state index in [2.05, 4.69) is 19.7 Å². The molecule has 3 aromatic heterocycles. The van der Waals surface area contributed by atoms with E-state index >= 15 is 4.39 Å². The van der Waals surface area contributed by atoms with E-state index in [-0.39, 0.29) is 24.5 Å². The lowest BCUT2D eigenvalue weighted by Gasteiger charge is -2.10. The Bertz CT molecular complexity index is 1310. The number of nitrogens with zero attached hydrogens (tertiary/aromatic N) is 2. The summed E-state index contributed by atoms with van der Waals surface area (Å²) < 4.78 is 37.8. The molecule has 3 heterocycles. The van der Waals surface area contributed by atoms with Crippen LogP contribution >= 0.6 is 11.9 Å². The summed E-state index contributed by atoms with van der Waals surface area (Å²) >= 11 is 1.28. The number of rotatable bonds is 10. The molecule has 0 unspecified atom stereocenters. The third-order valence-corrected chi connectivity index (χ3v) is 5.97. The van der Waals surface area contributed by atoms with Gasteiger partial charge < -0.3 is 19.5 Å². The van der Waals surface area contributed by atoms with Gasteiger partial charge in [-0.15, -0.1) is 0 Å². The maximum Gasteiger partial charge on any atom is 0.213 e. The molecule has 0 aliphatic heterocycles. The van der Waals surface area contributed by atoms with Gasteiger partial charge in [0.1, 0.15) is 18.1 Å². The number of aromatic amines is 1. The quantitative estimate of drug-likeness (QED) is 0.166. The number of aliphatic hydroxyl groups excluding tert-OH is 1. The second-order valence-electron chi connectivity index (χ2n) is 7.34. The van der Waals surface area contributed by atoms with Gasteiger partial charge in [-0.25, -0.2) is 18.7 Å². The number of H-pyrrole nitrogens is 1. The molecule has 0 saturated carbocycles. The molecule has 176 valence electrons. The van der Waals surface area contributed by atoms with E-state index < -0.39 is 23.0 Å². The van der Waals surface area contributed by atoms with Crippen molar-refractivity contribution >= 4 is 34.5 Å². The van der Waals surface area contributed by atoms with Gasteiger partial charge in [-0.3, -0.25) is 4.79 Å². The smallest absolute Gasteiger partial charge is 0.213 e. The number of anilines is 1. The molecular weight excluding hydrogens is 462 g/mol. The minimum absolute atomic E-state index is 0.0523. The fraction of sp³-hybridized carbons (Fsp3) is 0.208. The van der Waals surface area contributed by atoms with Crippen LogP contribution in [0.3, 0.4) is 0 Å². The largest absolute Gasteiger partial charge is 0.475 e. The highest BCUT2D eigenvalue weighted by atomic mass is 32.2. The van der Waals surface area contributed by atoms with Gasteiger partial charge in [0.15, 0.2) is 5.82 Å². The van der Waals surface area contributed by atoms with Gasteiger partial charge in [0.25, 0.3) is 0 Å². The number of benzene rings is 1. The average Bonchev–Trinajstić information content (AvgIpc) is 3.28. The average molecular weight is 485 g/mol. The lowest BCUT2D eigenvalue weighted by atomic mass is 10.00. The summed E-state index contributed by atoms with van der Waals surface area (Å²) in [5, 5.41) is 9.28. The van der Waals surface area contributed by atoms with E-state index in [4.69, 9.17) is 9.84 Å². The Hall–Kier alpha value is -3.50. The van der Waals surface area contributed by atoms with Crippen molar-refractivity contribution in [3.05, 3.63) is 71.7 Å². The number of hydrogen-bond donors (Lipinski definition) is 3. The Balaban J connectivity index is 1.68. The van der Waals surface area contributed by atoms with E-state index in [0.29, 0.717) is 28.0 Å². The van der Waals surface area contributed by atoms with Crippen molar-refractivity contribution in [1.82, 2.24) is 15.0 Å². The van der Waals surface area contributed by atoms with Crippen molar-refractivity contribution < 1.29 is 23.4 Å². The second kappa shape index (κ2) is 10.6. The van der Waals surface area contributed by atoms with E-state index in [1.165, 1.54) is 24.2 Å². The number of ether oxygens (including phenoxy) is 1. The first kappa shape index (κ1) is 23.7. The highest BCUT2D eigenvalue weighted by molar-refractivity contribution is 8.00. The summed E-state index contributed by atoms with van der Waals surface area (Å²) in [7, 11) is 0. The summed E-state index contributed by atoms with van der Waals surface area (Å²) in [5.41, 5.74) is 1.32. The van der Waals surface area contributed by atoms with E-state index in [0.717, 1.165) is 18.2 Å². The maximum absolute atomic E-state index is 15.1. The number of carbonyl (C=O) groups is 1. The Morgan fingerprint density at radius 3 is 2.74 bits per heavy atom. The molecule has 3 N–H and O–H groups in total. The van der Waals surface area contributed by atoms with Crippen LogP contribution in [-0.4, -0.2) is 44.8 Å². The molecule has 0 radical (unpaired) electrons. The molecule has 0 spiro atoms. The highest BCUT2D eigenvalue weighted by Crippen LogP contribution is 2.30. The van der Waals surface area contributed by atoms with Gasteiger partial charge in [0.2, 0.25) is 11.7 Å². The first-order valence-electron chi connectivity index (χ1n) is 10.6. The summed E-state index contributed by atoms with van der Waals surface area (Å²) in [6, 6.07) is 7.49. The van der Waals surface area contributed by atoms with Crippen LogP contribution in [0.25, 0.3) is 22.2 Å². The van der Waals surface area contributed by atoms with Crippen LogP contribution in [0, 0.1) is 11.6 Å². The fourth-order valence-corrected chi connectivity index (χ4v) is 3.96. The van der Waals surface area contributed by atoms with Crippen molar-refractivity contribution in [3.63, 3.8) is 0 Å². The van der Waals surface area contributed by atoms with Crippen LogP contribution in [-0.2, 0) is 0 Å². The Morgan fingerprint density at radius 2 is 2.00 bits per heavy atom. The third kappa shape index (κ3) is 4.87. The van der Waals surface area contributed by atoms with Crippen LogP contribution in [0.2, 0.25) is 0 Å². The highest BCUT2D eigenvalue weighted by Gasteiger charge is 2.24. The number of hydrogen-bond acceptors (Lipinski definition) is 7. The Morgan fingerprint density at radius 1 is 1.18 bits per heavy atom. The number of carbonyl (C=O) groups excluding carboxylic acids is 1. The molecule has 0 fully saturated rings. The molecule has 1 aromatic carbocycles. The maximum atomic E-state index is 15.1. The van der Waals surface area contributed by atoms with Gasteiger partial charge in [-0.2, -0.15) is 0 Å². The standard InChI is InChI=1S/C24H22F2N4O3S/c1-2-9-34-30-19-5-4-18(25)21(22(19)26)23(32)17-13-29-24-16(17)10-15(12-28-24)14-3-6-20(27-11-14)33-8-7-31/h3-6,10-13,30-31H,2,7-9H2,1H3,(H,28,29). The van der Waals surface area contributed by atoms with Gasteiger partial charge >= 0.3 is 0 Å². The number of nitrogens with one attached hydrogen (secondary N) is 2. The van der Waals surface area contributed by atoms with Crippen LogP contribution in [0.4, 0.5) is 14.5 Å². The molecule has 4 aromatic rings. The van der Waals surface area contributed by atoms with Crippen LogP contribution in [0.1, 0.15) is 29.3 Å². The molecule has 7 nitrogen and oxygen atoms in total. The number of fused-ring (bicyclic) bond motifs is 1. The Labute approximate surface area is 198 Å². The van der Waals surface area contributed by atoms with Crippen molar-refractivity contribution in [2.24, 2.45) is 0 Å². The minimum Gasteiger partial charge on any atom is -0.475 e. The first-order chi connectivity index (χ1) is 16.5. The van der Waals surface area contributed by atoms with Gasteiger partial charge in [0.05, 0.1) is 17.9 Å². The molecule has 10 heteroatoms. The molecule has 0 aliphatic carbocycles. The van der Waals surface area contributed by atoms with Crippen LogP contribution in [0.15, 0.2) is 48.9 Å². The molecule has 0 saturated heterocycles. The lowest BCUT2D eigenvalue weighted by Crippen LogP contribution is -2.09. The van der Waals surface area contributed by atoms with Crippen molar-refractivity contribution in [1.29, 1.82) is 0 Å². The summed E-state index contributed by atoms with van der Waals surface area (Å²) in [5.74, 6) is -1.55. The molecular formula is C24H22F2N4O3S. The zero-order chi connectivity index (χ0) is 24.1. The predicted molar refractivity (Wildman–Crippen MR) is 128 cm³/mol. The molecule has 34 heavy (non-hydrogen) atoms. The molecule has 4 rings (SSSR count). The second-order valence-corrected chi connectivity index (χ2v) is 8.24. The molecule has 0 bridgehead atoms. The van der Waals surface area contributed by atoms with Crippen molar-refractivity contribution in [3.8, 4) is 17.0 Å². The van der Waals surface area contributed by atoms with Crippen molar-refractivity contribution in [2.75, 3.05) is 23.7 Å². The number of aliphatic hydroxyl groups is 1. The van der Waals surface area contributed by atoms with Gasteiger partial charge in [0, 0.05) is 52.5 Å². The number of ketones is 1. The molecule has 0 atom stereocenters. The third-order valence-electron chi connectivity index (χ3n) is 4.99. The normalized spacial score (nSPS) is 11.1. The van der Waals surface area contributed by atoms with E-state index in [1.807, 2.05) is 6.92 Å². The Kier molecular flexibility index (Phi) is 7.39. The molecule has 0 aliphatic rings. The van der Waals surface area contributed by atoms with E-state index in [9.17, 15) is 9.18 Å². The molecule has 0 amide bonds. The predicted octanol–water partition coefficient (Wildman–Crippen LogP) is 4.98. The lowest BCUT2D eigenvalue weighted by molar-refractivity contribution is 0.103. The number of halogens is 2. The van der Waals surface area contributed by atoms with E-state index in [1.54, 1.807) is 30.6 Å². The zero-order valence-electron chi connectivity index (χ0n) is 18.3. The zero-order valence-corrected chi connectivity index (χ0v) is 19.1. The van der Waals surface area contributed by atoms with Crippen molar-refractivity contribution in [2.45, 2.75) is 13.3 Å². The summed E-state index contributed by atoms with van der Waals surface area (Å²) in [4.78, 5) is 24.6. The first-order valence-corrected chi connectivity index (χ1v) is 11.6. The monoisotopic (exact) mass is 484 g/mol. The summed E-state index contributed by atoms with van der Waals surface area (Å²) in [6.07, 6.45) is 5.46. The number of pyridine rings is 2. The number of aromatic nitrogens is 3. The topological polar surface area (TPSA) is 100 Å². The summed E-state index contributed by atoms with van der Waals surface area (Å²) in [6.45, 7) is 2.00.